The third kappa shape index (κ3) is 4.74. The van der Waals surface area contributed by atoms with E-state index in [0.717, 1.165) is 23.5 Å². The zero-order valence-electron chi connectivity index (χ0n) is 15.5. The molecular weight excluding hydrogens is 360 g/mol. The molecule has 0 saturated heterocycles. The molecule has 0 aliphatic rings. The Kier molecular flexibility index (Phi) is 6.24. The molecule has 142 valence electrons. The van der Waals surface area contributed by atoms with Gasteiger partial charge in [0.25, 0.3) is 0 Å². The molecule has 0 bridgehead atoms. The minimum Gasteiger partial charge on any atom is -0.353 e. The first-order valence-corrected chi connectivity index (χ1v) is 10.5. The molecule has 7 heteroatoms. The van der Waals surface area contributed by atoms with Gasteiger partial charge in [-0.3, -0.25) is 9.00 Å². The predicted molar refractivity (Wildman–Crippen MR) is 108 cm³/mol. The van der Waals surface area contributed by atoms with E-state index in [0.29, 0.717) is 0 Å². The average Bonchev–Trinajstić information content (AvgIpc) is 3.31. The zero-order chi connectivity index (χ0) is 19.2. The number of rotatable bonds is 8. The highest BCUT2D eigenvalue weighted by atomic mass is 32.2. The van der Waals surface area contributed by atoms with Gasteiger partial charge >= 0.3 is 0 Å². The first-order valence-electron chi connectivity index (χ1n) is 8.98. The van der Waals surface area contributed by atoms with Crippen molar-refractivity contribution < 1.29 is 9.00 Å². The van der Waals surface area contributed by atoms with Gasteiger partial charge in [-0.1, -0.05) is 25.1 Å². The topological polar surface area (TPSA) is 68.9 Å². The summed E-state index contributed by atoms with van der Waals surface area (Å²) in [6.07, 6.45) is 6.43. The van der Waals surface area contributed by atoms with Gasteiger partial charge in [-0.05, 0) is 37.6 Å². The molecule has 6 nitrogen and oxygen atoms in total. The normalized spacial score (nSPS) is 13.3. The van der Waals surface area contributed by atoms with E-state index in [9.17, 15) is 9.00 Å². The van der Waals surface area contributed by atoms with E-state index in [1.807, 2.05) is 78.0 Å². The van der Waals surface area contributed by atoms with Crippen molar-refractivity contribution in [2.24, 2.45) is 0 Å². The molecule has 0 radical (unpaired) electrons. The van der Waals surface area contributed by atoms with Crippen LogP contribution in [-0.2, 0) is 21.3 Å². The highest BCUT2D eigenvalue weighted by Crippen LogP contribution is 2.21. The van der Waals surface area contributed by atoms with Crippen LogP contribution >= 0.6 is 0 Å². The van der Waals surface area contributed by atoms with Gasteiger partial charge in [0.2, 0.25) is 5.91 Å². The smallest absolute Gasteiger partial charge is 0.232 e. The van der Waals surface area contributed by atoms with Crippen LogP contribution in [0.2, 0.25) is 0 Å². The van der Waals surface area contributed by atoms with E-state index in [1.165, 1.54) is 0 Å². The van der Waals surface area contributed by atoms with Crippen LogP contribution in [0.15, 0.2) is 61.1 Å². The molecule has 2 atom stereocenters. The molecule has 3 aromatic rings. The summed E-state index contributed by atoms with van der Waals surface area (Å²) in [5, 5.41) is 7.36. The van der Waals surface area contributed by atoms with Crippen molar-refractivity contribution in [1.82, 2.24) is 19.7 Å². The number of carbonyl (C=O) groups is 1. The fourth-order valence-electron chi connectivity index (χ4n) is 2.78. The van der Waals surface area contributed by atoms with Crippen molar-refractivity contribution in [3.05, 3.63) is 66.6 Å². The predicted octanol–water partition coefficient (Wildman–Crippen LogP) is 2.83. The van der Waals surface area contributed by atoms with E-state index >= 15 is 0 Å². The highest BCUT2D eigenvalue weighted by Gasteiger charge is 2.18. The van der Waals surface area contributed by atoms with Gasteiger partial charge in [0.15, 0.2) is 0 Å². The number of hydrogen-bond donors (Lipinski definition) is 1. The number of benzene rings is 1. The third-order valence-electron chi connectivity index (χ3n) is 4.29. The third-order valence-corrected chi connectivity index (χ3v) is 5.51. The molecule has 27 heavy (non-hydrogen) atoms. The molecule has 0 fully saturated rings. The molecule has 0 aliphatic heterocycles. The number of amides is 1. The van der Waals surface area contributed by atoms with Crippen molar-refractivity contribution in [3.8, 4) is 11.5 Å². The summed E-state index contributed by atoms with van der Waals surface area (Å²) < 4.78 is 16.3. The number of carbonyl (C=O) groups excluding carboxylic acids is 1. The van der Waals surface area contributed by atoms with Crippen LogP contribution in [0.3, 0.4) is 0 Å². The van der Waals surface area contributed by atoms with E-state index < -0.39 is 10.8 Å². The van der Waals surface area contributed by atoms with Gasteiger partial charge < -0.3 is 9.88 Å². The maximum atomic E-state index is 12.6. The van der Waals surface area contributed by atoms with Crippen molar-refractivity contribution in [2.45, 2.75) is 32.1 Å². The lowest BCUT2D eigenvalue weighted by Crippen LogP contribution is -2.35. The van der Waals surface area contributed by atoms with Crippen LogP contribution in [0, 0.1) is 0 Å². The second kappa shape index (κ2) is 8.81. The fraction of sp³-hybridized carbons (Fsp3) is 0.300. The summed E-state index contributed by atoms with van der Waals surface area (Å²) in [4.78, 5) is 12.0. The Labute approximate surface area is 161 Å². The fourth-order valence-corrected chi connectivity index (χ4v) is 3.80. The molecule has 0 aliphatic carbocycles. The van der Waals surface area contributed by atoms with Crippen LogP contribution in [0.5, 0.6) is 0 Å². The van der Waals surface area contributed by atoms with Crippen molar-refractivity contribution in [3.63, 3.8) is 0 Å². The van der Waals surface area contributed by atoms with Gasteiger partial charge in [0, 0.05) is 34.8 Å². The highest BCUT2D eigenvalue weighted by molar-refractivity contribution is 7.84. The van der Waals surface area contributed by atoms with Crippen LogP contribution < -0.4 is 5.32 Å². The number of nitrogens with zero attached hydrogens (tertiary/aromatic N) is 3. The first kappa shape index (κ1) is 19.1. The molecule has 2 aromatic heterocycles. The van der Waals surface area contributed by atoms with Crippen molar-refractivity contribution in [1.29, 1.82) is 0 Å². The molecule has 2 unspecified atom stereocenters. The molecule has 1 N–H and O–H groups in total. The van der Waals surface area contributed by atoms with Crippen LogP contribution in [0.1, 0.15) is 25.8 Å². The molecule has 0 saturated carbocycles. The van der Waals surface area contributed by atoms with Crippen LogP contribution in [0.4, 0.5) is 0 Å². The molecule has 1 amide bonds. The Balaban J connectivity index is 1.83. The maximum Gasteiger partial charge on any atom is 0.232 e. The number of aromatic nitrogens is 3. The number of nitrogens with one attached hydrogen (secondary N) is 1. The molecule has 1 aromatic carbocycles. The minimum atomic E-state index is -1.31. The van der Waals surface area contributed by atoms with E-state index in [2.05, 4.69) is 10.4 Å². The summed E-state index contributed by atoms with van der Waals surface area (Å²) in [7, 11) is -1.31. The summed E-state index contributed by atoms with van der Waals surface area (Å²) >= 11 is 0. The second-order valence-electron chi connectivity index (χ2n) is 6.44. The Morgan fingerprint density at radius 3 is 2.56 bits per heavy atom. The summed E-state index contributed by atoms with van der Waals surface area (Å²) in [6.45, 7) is 3.94. The van der Waals surface area contributed by atoms with E-state index in [4.69, 9.17) is 0 Å². The average molecular weight is 385 g/mol. The lowest BCUT2D eigenvalue weighted by Gasteiger charge is -2.12. The Hall–Kier alpha value is -2.67. The van der Waals surface area contributed by atoms with Gasteiger partial charge in [-0.25, -0.2) is 4.68 Å². The van der Waals surface area contributed by atoms with Crippen molar-refractivity contribution >= 4 is 16.7 Å². The molecule has 0 spiro atoms. The van der Waals surface area contributed by atoms with Gasteiger partial charge in [0.05, 0.1) is 17.6 Å². The van der Waals surface area contributed by atoms with Crippen molar-refractivity contribution in [2.75, 3.05) is 5.75 Å². The van der Waals surface area contributed by atoms with E-state index in [-0.39, 0.29) is 23.5 Å². The van der Waals surface area contributed by atoms with Gasteiger partial charge in [0.1, 0.15) is 11.6 Å². The Bertz CT molecular complexity index is 903. The van der Waals surface area contributed by atoms with E-state index in [1.54, 1.807) is 6.20 Å². The monoisotopic (exact) mass is 384 g/mol. The van der Waals surface area contributed by atoms with Gasteiger partial charge in [-0.15, -0.1) is 0 Å². The van der Waals surface area contributed by atoms with Crippen LogP contribution in [-0.4, -0.2) is 36.3 Å². The SMILES string of the molecule is CCC(C)NC(=O)CS(=O)Cc1cnn(-c2ccccc2)c1-n1cccc1. The quantitative estimate of drug-likeness (QED) is 0.649. The summed E-state index contributed by atoms with van der Waals surface area (Å²) in [5.74, 6) is 0.919. The summed E-state index contributed by atoms with van der Waals surface area (Å²) in [6, 6.07) is 13.8. The molecule has 2 heterocycles. The minimum absolute atomic E-state index is 0.00796. The van der Waals surface area contributed by atoms with Crippen LogP contribution in [0.25, 0.3) is 11.5 Å². The number of hydrogen-bond acceptors (Lipinski definition) is 3. The van der Waals surface area contributed by atoms with Gasteiger partial charge in [-0.2, -0.15) is 5.10 Å². The molecular formula is C20H24N4O2S. The largest absolute Gasteiger partial charge is 0.353 e. The zero-order valence-corrected chi connectivity index (χ0v) is 16.4. The summed E-state index contributed by atoms with van der Waals surface area (Å²) in [5.41, 5.74) is 1.76. The Morgan fingerprint density at radius 1 is 1.19 bits per heavy atom. The standard InChI is InChI=1S/C20H24N4O2S/c1-3-16(2)22-19(25)15-27(26)14-17-13-21-24(18-9-5-4-6-10-18)20(17)23-11-7-8-12-23/h4-13,16H,3,14-15H2,1-2H3,(H,22,25). The Morgan fingerprint density at radius 2 is 1.89 bits per heavy atom. The lowest BCUT2D eigenvalue weighted by molar-refractivity contribution is -0.119. The lowest BCUT2D eigenvalue weighted by atomic mass is 10.3. The second-order valence-corrected chi connectivity index (χ2v) is 7.89. The maximum absolute atomic E-state index is 12.6. The molecule has 3 rings (SSSR count). The number of para-hydroxylation sites is 1. The first-order chi connectivity index (χ1) is 13.1.